The molecule has 0 fully saturated rings. The number of amides is 1. The van der Waals surface area contributed by atoms with Gasteiger partial charge in [-0.15, -0.1) is 0 Å². The van der Waals surface area contributed by atoms with E-state index in [1.54, 1.807) is 4.90 Å². The molecule has 0 aliphatic carbocycles. The van der Waals surface area contributed by atoms with Gasteiger partial charge < -0.3 is 15.0 Å². The predicted octanol–water partition coefficient (Wildman–Crippen LogP) is 2.06. The molecule has 1 N–H and O–H groups in total. The van der Waals surface area contributed by atoms with Gasteiger partial charge in [-0.25, -0.2) is 0 Å². The maximum atomic E-state index is 11.9. The van der Waals surface area contributed by atoms with Crippen molar-refractivity contribution in [2.45, 2.75) is 27.2 Å². The zero-order chi connectivity index (χ0) is 15.1. The molecule has 0 unspecified atom stereocenters. The van der Waals surface area contributed by atoms with E-state index in [2.05, 4.69) is 25.2 Å². The van der Waals surface area contributed by atoms with Crippen molar-refractivity contribution >= 4 is 5.91 Å². The third-order valence-electron chi connectivity index (χ3n) is 3.46. The van der Waals surface area contributed by atoms with Gasteiger partial charge in [0.25, 0.3) is 0 Å². The van der Waals surface area contributed by atoms with Crippen LogP contribution < -0.4 is 10.1 Å². The van der Waals surface area contributed by atoms with E-state index in [9.17, 15) is 4.79 Å². The van der Waals surface area contributed by atoms with Gasteiger partial charge in [0.15, 0.2) is 0 Å². The summed E-state index contributed by atoms with van der Waals surface area (Å²) >= 11 is 0. The highest BCUT2D eigenvalue weighted by atomic mass is 16.5. The first-order chi connectivity index (χ1) is 9.45. The molecule has 20 heavy (non-hydrogen) atoms. The van der Waals surface area contributed by atoms with Crippen LogP contribution in [-0.2, 0) is 4.79 Å². The van der Waals surface area contributed by atoms with Crippen molar-refractivity contribution in [2.75, 3.05) is 33.8 Å². The lowest BCUT2D eigenvalue weighted by Crippen LogP contribution is -2.33. The van der Waals surface area contributed by atoms with Crippen LogP contribution in [0.3, 0.4) is 0 Å². The van der Waals surface area contributed by atoms with Crippen molar-refractivity contribution in [3.05, 3.63) is 28.8 Å². The average molecular weight is 278 g/mol. The fourth-order valence-electron chi connectivity index (χ4n) is 1.99. The molecule has 1 amide bonds. The summed E-state index contributed by atoms with van der Waals surface area (Å²) in [5.74, 6) is 0.996. The van der Waals surface area contributed by atoms with E-state index in [0.29, 0.717) is 13.0 Å². The molecule has 1 aromatic rings. The molecule has 0 aliphatic heterocycles. The van der Waals surface area contributed by atoms with Gasteiger partial charge in [-0.1, -0.05) is 6.07 Å². The molecule has 0 bridgehead atoms. The molecule has 0 radical (unpaired) electrons. The summed E-state index contributed by atoms with van der Waals surface area (Å²) in [6, 6.07) is 4.16. The Bertz CT molecular complexity index is 458. The first-order valence-corrected chi connectivity index (χ1v) is 7.05. The third kappa shape index (κ3) is 4.85. The number of rotatable bonds is 7. The van der Waals surface area contributed by atoms with Crippen molar-refractivity contribution in [3.63, 3.8) is 0 Å². The summed E-state index contributed by atoms with van der Waals surface area (Å²) < 4.78 is 5.76. The maximum absolute atomic E-state index is 11.9. The topological polar surface area (TPSA) is 41.6 Å². The van der Waals surface area contributed by atoms with Crippen LogP contribution in [0.1, 0.15) is 23.1 Å². The summed E-state index contributed by atoms with van der Waals surface area (Å²) in [6.45, 7) is 8.12. The molecule has 112 valence electrons. The second-order valence-corrected chi connectivity index (χ2v) is 5.22. The number of likely N-dealkylation sites (N-methyl/N-ethyl adjacent to an activating group) is 2. The first-order valence-electron chi connectivity index (χ1n) is 7.05. The van der Waals surface area contributed by atoms with Crippen molar-refractivity contribution in [1.82, 2.24) is 10.2 Å². The van der Waals surface area contributed by atoms with E-state index >= 15 is 0 Å². The molecule has 4 heteroatoms. The highest BCUT2D eigenvalue weighted by Gasteiger charge is 2.09. The van der Waals surface area contributed by atoms with Crippen LogP contribution in [0.4, 0.5) is 0 Å². The second-order valence-electron chi connectivity index (χ2n) is 5.22. The Balaban J connectivity index is 2.46. The van der Waals surface area contributed by atoms with E-state index in [1.807, 2.05) is 27.1 Å². The number of carbonyl (C=O) groups excluding carboxylic acids is 1. The molecule has 0 spiro atoms. The van der Waals surface area contributed by atoms with Gasteiger partial charge in [0.1, 0.15) is 5.75 Å². The van der Waals surface area contributed by atoms with Crippen LogP contribution in [0.2, 0.25) is 0 Å². The molecule has 0 aliphatic rings. The number of hydrogen-bond donors (Lipinski definition) is 1. The molecule has 0 saturated heterocycles. The highest BCUT2D eigenvalue weighted by molar-refractivity contribution is 5.76. The van der Waals surface area contributed by atoms with E-state index in [1.165, 1.54) is 11.1 Å². The molecular formula is C16H26N2O2. The number of benzene rings is 1. The van der Waals surface area contributed by atoms with Crippen LogP contribution in [0, 0.1) is 20.8 Å². The van der Waals surface area contributed by atoms with Gasteiger partial charge in [-0.05, 0) is 50.6 Å². The number of hydrogen-bond acceptors (Lipinski definition) is 3. The minimum absolute atomic E-state index is 0.113. The Morgan fingerprint density at radius 1 is 1.30 bits per heavy atom. The number of aryl methyl sites for hydroxylation is 2. The summed E-state index contributed by atoms with van der Waals surface area (Å²) in [5, 5.41) is 3.03. The Hall–Kier alpha value is -1.55. The van der Waals surface area contributed by atoms with Crippen LogP contribution in [0.15, 0.2) is 12.1 Å². The SMILES string of the molecule is CNCCN(C)C(=O)CCOc1cc(C)cc(C)c1C. The minimum Gasteiger partial charge on any atom is -0.493 e. The molecule has 0 heterocycles. The van der Waals surface area contributed by atoms with Crippen molar-refractivity contribution in [2.24, 2.45) is 0 Å². The average Bonchev–Trinajstić information content (AvgIpc) is 2.41. The zero-order valence-corrected chi connectivity index (χ0v) is 13.2. The number of nitrogens with one attached hydrogen (secondary N) is 1. The largest absolute Gasteiger partial charge is 0.493 e. The van der Waals surface area contributed by atoms with Gasteiger partial charge in [-0.2, -0.15) is 0 Å². The lowest BCUT2D eigenvalue weighted by molar-refractivity contribution is -0.130. The molecular weight excluding hydrogens is 252 g/mol. The van der Waals surface area contributed by atoms with E-state index < -0.39 is 0 Å². The van der Waals surface area contributed by atoms with Gasteiger partial charge in [0, 0.05) is 20.1 Å². The standard InChI is InChI=1S/C16H26N2O2/c1-12-10-13(2)14(3)15(11-12)20-9-6-16(19)18(5)8-7-17-4/h10-11,17H,6-9H2,1-5H3. The molecule has 0 saturated carbocycles. The first kappa shape index (κ1) is 16.5. The molecule has 4 nitrogen and oxygen atoms in total. The van der Waals surface area contributed by atoms with Gasteiger partial charge in [0.2, 0.25) is 5.91 Å². The summed E-state index contributed by atoms with van der Waals surface area (Å²) in [5.41, 5.74) is 3.55. The summed E-state index contributed by atoms with van der Waals surface area (Å²) in [4.78, 5) is 13.6. The van der Waals surface area contributed by atoms with Gasteiger partial charge in [0.05, 0.1) is 13.0 Å². The van der Waals surface area contributed by atoms with Crippen molar-refractivity contribution in [1.29, 1.82) is 0 Å². The fourth-order valence-corrected chi connectivity index (χ4v) is 1.99. The van der Waals surface area contributed by atoms with Crippen LogP contribution >= 0.6 is 0 Å². The van der Waals surface area contributed by atoms with E-state index in [-0.39, 0.29) is 5.91 Å². The summed E-state index contributed by atoms with van der Waals surface area (Å²) in [7, 11) is 3.70. The van der Waals surface area contributed by atoms with Gasteiger partial charge in [-0.3, -0.25) is 4.79 Å². The Labute approximate surface area is 122 Å². The van der Waals surface area contributed by atoms with Crippen LogP contribution in [-0.4, -0.2) is 44.6 Å². The molecule has 0 aromatic heterocycles. The van der Waals surface area contributed by atoms with Crippen molar-refractivity contribution in [3.8, 4) is 5.75 Å². The Morgan fingerprint density at radius 2 is 2.00 bits per heavy atom. The molecule has 0 atom stereocenters. The number of ether oxygens (including phenoxy) is 1. The fraction of sp³-hybridized carbons (Fsp3) is 0.562. The zero-order valence-electron chi connectivity index (χ0n) is 13.2. The molecule has 1 rings (SSSR count). The maximum Gasteiger partial charge on any atom is 0.225 e. The minimum atomic E-state index is 0.113. The van der Waals surface area contributed by atoms with E-state index in [0.717, 1.165) is 24.4 Å². The lowest BCUT2D eigenvalue weighted by Gasteiger charge is -2.17. The monoisotopic (exact) mass is 278 g/mol. The normalized spacial score (nSPS) is 10.4. The molecule has 1 aromatic carbocycles. The third-order valence-corrected chi connectivity index (χ3v) is 3.46. The van der Waals surface area contributed by atoms with Crippen molar-refractivity contribution < 1.29 is 9.53 Å². The van der Waals surface area contributed by atoms with E-state index in [4.69, 9.17) is 4.74 Å². The summed E-state index contributed by atoms with van der Waals surface area (Å²) in [6.07, 6.45) is 0.409. The van der Waals surface area contributed by atoms with Crippen LogP contribution in [0.5, 0.6) is 5.75 Å². The quantitative estimate of drug-likeness (QED) is 0.830. The van der Waals surface area contributed by atoms with Gasteiger partial charge >= 0.3 is 0 Å². The second kappa shape index (κ2) is 7.90. The highest BCUT2D eigenvalue weighted by Crippen LogP contribution is 2.23. The predicted molar refractivity (Wildman–Crippen MR) is 82.3 cm³/mol. The lowest BCUT2D eigenvalue weighted by atomic mass is 10.1. The Kier molecular flexibility index (Phi) is 6.52. The van der Waals surface area contributed by atoms with Crippen LogP contribution in [0.25, 0.3) is 0 Å². The smallest absolute Gasteiger partial charge is 0.225 e. The number of nitrogens with zero attached hydrogens (tertiary/aromatic N) is 1. The number of carbonyl (C=O) groups is 1. The Morgan fingerprint density at radius 3 is 2.65 bits per heavy atom.